The maximum atomic E-state index is 11.5. The van der Waals surface area contributed by atoms with Gasteiger partial charge in [0.1, 0.15) is 9.88 Å². The van der Waals surface area contributed by atoms with E-state index in [4.69, 9.17) is 0 Å². The van der Waals surface area contributed by atoms with Gasteiger partial charge >= 0.3 is 5.97 Å². The Morgan fingerprint density at radius 2 is 2.53 bits per heavy atom. The Bertz CT molecular complexity index is 450. The average molecular weight is 300 g/mol. The number of carboxylic acids is 1. The molecule has 0 aromatic carbocycles. The van der Waals surface area contributed by atoms with Crippen LogP contribution < -0.4 is 5.32 Å². The van der Waals surface area contributed by atoms with Crippen molar-refractivity contribution in [2.45, 2.75) is 42.5 Å². The number of carboxylic acid groups (broad SMARTS) is 1. The van der Waals surface area contributed by atoms with Crippen LogP contribution in [-0.4, -0.2) is 34.4 Å². The van der Waals surface area contributed by atoms with Gasteiger partial charge in [0, 0.05) is 16.8 Å². The number of aliphatic carboxylic acids is 1. The fourth-order valence-corrected chi connectivity index (χ4v) is 4.85. The molecule has 6 heteroatoms. The molecule has 106 valence electrons. The van der Waals surface area contributed by atoms with E-state index < -0.39 is 11.5 Å². The van der Waals surface area contributed by atoms with Crippen molar-refractivity contribution in [3.05, 3.63) is 11.1 Å². The van der Waals surface area contributed by atoms with Crippen LogP contribution in [0.5, 0.6) is 0 Å². The zero-order valence-corrected chi connectivity index (χ0v) is 12.9. The fourth-order valence-electron chi connectivity index (χ4n) is 2.87. The van der Waals surface area contributed by atoms with Gasteiger partial charge in [0.15, 0.2) is 0 Å². The second kappa shape index (κ2) is 6.24. The summed E-state index contributed by atoms with van der Waals surface area (Å²) in [5.41, 5.74) is 0.350. The zero-order valence-electron chi connectivity index (χ0n) is 11.3. The molecule has 1 aromatic heterocycles. The summed E-state index contributed by atoms with van der Waals surface area (Å²) in [4.78, 5) is 15.9. The predicted octanol–water partition coefficient (Wildman–Crippen LogP) is 2.78. The van der Waals surface area contributed by atoms with Crippen LogP contribution in [0.3, 0.4) is 0 Å². The van der Waals surface area contributed by atoms with Crippen molar-refractivity contribution in [3.8, 4) is 0 Å². The summed E-state index contributed by atoms with van der Waals surface area (Å²) >= 11 is 3.40. The van der Waals surface area contributed by atoms with Crippen LogP contribution in [0, 0.1) is 12.8 Å². The van der Waals surface area contributed by atoms with Crippen molar-refractivity contribution in [1.82, 2.24) is 10.3 Å². The summed E-state index contributed by atoms with van der Waals surface area (Å²) in [6.45, 7) is 1.99. The Morgan fingerprint density at radius 3 is 3.11 bits per heavy atom. The van der Waals surface area contributed by atoms with E-state index in [2.05, 4.69) is 10.3 Å². The highest BCUT2D eigenvalue weighted by Gasteiger charge is 2.47. The molecular weight excluding hydrogens is 280 g/mol. The number of aryl methyl sites for hydroxylation is 1. The number of thiazole rings is 1. The van der Waals surface area contributed by atoms with E-state index in [1.165, 1.54) is 0 Å². The third-order valence-corrected chi connectivity index (χ3v) is 6.11. The van der Waals surface area contributed by atoms with Crippen LogP contribution in [0.25, 0.3) is 0 Å². The molecule has 19 heavy (non-hydrogen) atoms. The number of hydrogen-bond acceptors (Lipinski definition) is 5. The van der Waals surface area contributed by atoms with Crippen molar-refractivity contribution >= 4 is 29.1 Å². The first kappa shape index (κ1) is 14.8. The number of rotatable bonds is 6. The molecule has 4 nitrogen and oxygen atoms in total. The van der Waals surface area contributed by atoms with Crippen molar-refractivity contribution in [2.75, 3.05) is 12.8 Å². The van der Waals surface area contributed by atoms with Gasteiger partial charge in [-0.2, -0.15) is 0 Å². The fraction of sp³-hybridized carbons (Fsp3) is 0.692. The lowest BCUT2D eigenvalue weighted by molar-refractivity contribution is -0.146. The third-order valence-electron chi connectivity index (χ3n) is 3.94. The van der Waals surface area contributed by atoms with Crippen LogP contribution in [0.1, 0.15) is 31.4 Å². The van der Waals surface area contributed by atoms with Gasteiger partial charge in [-0.05, 0) is 39.2 Å². The van der Waals surface area contributed by atoms with Gasteiger partial charge < -0.3 is 10.4 Å². The smallest absolute Gasteiger partial charge is 0.324 e. The normalized spacial score (nSPS) is 26.7. The monoisotopic (exact) mass is 300 g/mol. The van der Waals surface area contributed by atoms with Crippen LogP contribution in [0.4, 0.5) is 0 Å². The number of hydrogen-bond donors (Lipinski definition) is 2. The summed E-state index contributed by atoms with van der Waals surface area (Å²) in [5, 5.41) is 14.6. The number of thioether (sulfide) groups is 1. The highest BCUT2D eigenvalue weighted by atomic mass is 32.2. The molecule has 1 fully saturated rings. The van der Waals surface area contributed by atoms with E-state index in [0.29, 0.717) is 0 Å². The molecule has 0 radical (unpaired) electrons. The Hall–Kier alpha value is -0.590. The summed E-state index contributed by atoms with van der Waals surface area (Å²) in [7, 11) is 1.77. The van der Waals surface area contributed by atoms with Crippen LogP contribution in [0.15, 0.2) is 9.72 Å². The number of aromatic nitrogens is 1. The molecule has 0 amide bonds. The van der Waals surface area contributed by atoms with E-state index in [1.54, 1.807) is 30.1 Å². The maximum absolute atomic E-state index is 11.5. The van der Waals surface area contributed by atoms with Crippen molar-refractivity contribution in [3.63, 3.8) is 0 Å². The largest absolute Gasteiger partial charge is 0.480 e. The molecule has 1 aliphatic carbocycles. The van der Waals surface area contributed by atoms with Crippen molar-refractivity contribution in [1.29, 1.82) is 0 Å². The van der Waals surface area contributed by atoms with Gasteiger partial charge in [0.05, 0.1) is 0 Å². The van der Waals surface area contributed by atoms with Gasteiger partial charge in [-0.25, -0.2) is 4.98 Å². The number of likely N-dealkylation sites (N-methyl/N-ethyl adjacent to an activating group) is 1. The second-order valence-electron chi connectivity index (χ2n) is 5.01. The molecule has 2 atom stereocenters. The SMILES string of the molecule is CNC1(C(=O)O)CCCC1CCSc1nc(C)cs1. The minimum atomic E-state index is -0.709. The van der Waals surface area contributed by atoms with Crippen LogP contribution >= 0.6 is 23.1 Å². The minimum absolute atomic E-state index is 0.226. The van der Waals surface area contributed by atoms with Gasteiger partial charge in [-0.15, -0.1) is 11.3 Å². The highest BCUT2D eigenvalue weighted by Crippen LogP contribution is 2.39. The molecule has 2 N–H and O–H groups in total. The molecule has 1 aliphatic rings. The summed E-state index contributed by atoms with van der Waals surface area (Å²) in [6.07, 6.45) is 3.67. The van der Waals surface area contributed by atoms with Gasteiger partial charge in [-0.1, -0.05) is 18.2 Å². The lowest BCUT2D eigenvalue weighted by Crippen LogP contribution is -2.53. The quantitative estimate of drug-likeness (QED) is 0.791. The average Bonchev–Trinajstić information content (AvgIpc) is 2.96. The van der Waals surface area contributed by atoms with Gasteiger partial charge in [0.25, 0.3) is 0 Å². The zero-order chi connectivity index (χ0) is 13.9. The molecule has 0 aliphatic heterocycles. The van der Waals surface area contributed by atoms with Gasteiger partial charge in [-0.3, -0.25) is 4.79 Å². The first-order valence-corrected chi connectivity index (χ1v) is 8.42. The lowest BCUT2D eigenvalue weighted by Gasteiger charge is -2.30. The first-order valence-electron chi connectivity index (χ1n) is 6.55. The molecule has 2 unspecified atom stereocenters. The maximum Gasteiger partial charge on any atom is 0.324 e. The number of nitrogens with one attached hydrogen (secondary N) is 1. The van der Waals surface area contributed by atoms with Gasteiger partial charge in [0.2, 0.25) is 0 Å². The third kappa shape index (κ3) is 3.12. The Kier molecular flexibility index (Phi) is 4.86. The lowest BCUT2D eigenvalue weighted by atomic mass is 9.85. The molecule has 2 rings (SSSR count). The number of nitrogens with zero attached hydrogens (tertiary/aromatic N) is 1. The summed E-state index contributed by atoms with van der Waals surface area (Å²) < 4.78 is 1.08. The second-order valence-corrected chi connectivity index (χ2v) is 7.21. The molecule has 0 spiro atoms. The molecular formula is C13H20N2O2S2. The Labute approximate surface area is 122 Å². The van der Waals surface area contributed by atoms with Crippen LogP contribution in [0.2, 0.25) is 0 Å². The molecule has 0 saturated heterocycles. The van der Waals surface area contributed by atoms with E-state index in [-0.39, 0.29) is 5.92 Å². The highest BCUT2D eigenvalue weighted by molar-refractivity contribution is 8.01. The first-order chi connectivity index (χ1) is 9.08. The van der Waals surface area contributed by atoms with E-state index in [9.17, 15) is 9.90 Å². The summed E-state index contributed by atoms with van der Waals surface area (Å²) in [6, 6.07) is 0. The molecule has 0 bridgehead atoms. The Balaban J connectivity index is 1.89. The van der Waals surface area contributed by atoms with Crippen molar-refractivity contribution < 1.29 is 9.90 Å². The standard InChI is InChI=1S/C13H20N2O2S2/c1-9-8-19-12(15-9)18-7-5-10-4-3-6-13(10,14-2)11(16)17/h8,10,14H,3-7H2,1-2H3,(H,16,17). The molecule has 1 saturated carbocycles. The van der Waals surface area contributed by atoms with E-state index in [0.717, 1.165) is 41.5 Å². The van der Waals surface area contributed by atoms with Crippen LogP contribution in [-0.2, 0) is 4.79 Å². The Morgan fingerprint density at radius 1 is 1.74 bits per heavy atom. The number of carbonyl (C=O) groups is 1. The van der Waals surface area contributed by atoms with E-state index >= 15 is 0 Å². The van der Waals surface area contributed by atoms with E-state index in [1.807, 2.05) is 12.3 Å². The van der Waals surface area contributed by atoms with Crippen molar-refractivity contribution in [2.24, 2.45) is 5.92 Å². The summed E-state index contributed by atoms with van der Waals surface area (Å²) in [5.74, 6) is 0.463. The molecule has 1 aromatic rings. The minimum Gasteiger partial charge on any atom is -0.480 e. The topological polar surface area (TPSA) is 62.2 Å². The predicted molar refractivity (Wildman–Crippen MR) is 79.0 cm³/mol. The molecule has 1 heterocycles.